The SMILES string of the molecule is O=C(CN1CCCC(F)(F)C1)Nc1ccccc1I. The molecule has 1 aromatic carbocycles. The Morgan fingerprint density at radius 1 is 1.42 bits per heavy atom. The van der Waals surface area contributed by atoms with Crippen molar-refractivity contribution in [1.29, 1.82) is 0 Å². The highest BCUT2D eigenvalue weighted by Crippen LogP contribution is 2.26. The van der Waals surface area contributed by atoms with Crippen LogP contribution in [0.1, 0.15) is 12.8 Å². The van der Waals surface area contributed by atoms with Crippen molar-refractivity contribution in [3.05, 3.63) is 27.8 Å². The number of benzene rings is 1. The van der Waals surface area contributed by atoms with Crippen molar-refractivity contribution in [3.63, 3.8) is 0 Å². The van der Waals surface area contributed by atoms with Crippen LogP contribution in [0.3, 0.4) is 0 Å². The summed E-state index contributed by atoms with van der Waals surface area (Å²) in [6.07, 6.45) is 0.352. The van der Waals surface area contributed by atoms with E-state index in [2.05, 4.69) is 27.9 Å². The van der Waals surface area contributed by atoms with Gasteiger partial charge in [0.15, 0.2) is 0 Å². The lowest BCUT2D eigenvalue weighted by atomic mass is 10.1. The predicted octanol–water partition coefficient (Wildman–Crippen LogP) is 2.96. The molecule has 1 aliphatic rings. The third-order valence-corrected chi connectivity index (χ3v) is 3.93. The van der Waals surface area contributed by atoms with Crippen molar-refractivity contribution in [2.75, 3.05) is 25.0 Å². The fraction of sp³-hybridized carbons (Fsp3) is 0.462. The molecule has 19 heavy (non-hydrogen) atoms. The minimum absolute atomic E-state index is 0.0144. The molecule has 1 N–H and O–H groups in total. The predicted molar refractivity (Wildman–Crippen MR) is 78.4 cm³/mol. The molecule has 1 aliphatic heterocycles. The van der Waals surface area contributed by atoms with Gasteiger partial charge in [0.25, 0.3) is 5.92 Å². The minimum Gasteiger partial charge on any atom is -0.324 e. The molecule has 104 valence electrons. The van der Waals surface area contributed by atoms with Crippen LogP contribution < -0.4 is 5.32 Å². The number of nitrogens with one attached hydrogen (secondary N) is 1. The van der Waals surface area contributed by atoms with Crippen LogP contribution in [0.15, 0.2) is 24.3 Å². The zero-order chi connectivity index (χ0) is 13.9. The highest BCUT2D eigenvalue weighted by molar-refractivity contribution is 14.1. The third kappa shape index (κ3) is 4.38. The van der Waals surface area contributed by atoms with Gasteiger partial charge in [-0.3, -0.25) is 9.69 Å². The van der Waals surface area contributed by atoms with Crippen LogP contribution in [-0.4, -0.2) is 36.4 Å². The number of carbonyl (C=O) groups is 1. The number of nitrogens with zero attached hydrogens (tertiary/aromatic N) is 1. The lowest BCUT2D eigenvalue weighted by Gasteiger charge is -2.31. The first-order valence-corrected chi connectivity index (χ1v) is 7.19. The fourth-order valence-corrected chi connectivity index (χ4v) is 2.66. The summed E-state index contributed by atoms with van der Waals surface area (Å²) in [6.45, 7) is 0.238. The van der Waals surface area contributed by atoms with E-state index in [1.54, 1.807) is 6.07 Å². The van der Waals surface area contributed by atoms with Crippen LogP contribution in [0.25, 0.3) is 0 Å². The van der Waals surface area contributed by atoms with Crippen LogP contribution >= 0.6 is 22.6 Å². The molecule has 0 unspecified atom stereocenters. The molecule has 6 heteroatoms. The van der Waals surface area contributed by atoms with E-state index in [0.717, 1.165) is 9.26 Å². The van der Waals surface area contributed by atoms with Gasteiger partial charge in [-0.05, 0) is 47.7 Å². The number of hydrogen-bond acceptors (Lipinski definition) is 2. The monoisotopic (exact) mass is 380 g/mol. The summed E-state index contributed by atoms with van der Waals surface area (Å²) in [5.41, 5.74) is 0.719. The largest absolute Gasteiger partial charge is 0.324 e. The molecule has 0 radical (unpaired) electrons. The molecule has 1 fully saturated rings. The van der Waals surface area contributed by atoms with Gasteiger partial charge >= 0.3 is 0 Å². The van der Waals surface area contributed by atoms with Gasteiger partial charge in [-0.1, -0.05) is 12.1 Å². The Balaban J connectivity index is 1.90. The van der Waals surface area contributed by atoms with Gasteiger partial charge in [0.05, 0.1) is 18.8 Å². The summed E-state index contributed by atoms with van der Waals surface area (Å²) >= 11 is 2.12. The van der Waals surface area contributed by atoms with Gasteiger partial charge < -0.3 is 5.32 Å². The zero-order valence-corrected chi connectivity index (χ0v) is 12.5. The van der Waals surface area contributed by atoms with Crippen LogP contribution in [-0.2, 0) is 4.79 Å². The molecule has 1 heterocycles. The van der Waals surface area contributed by atoms with E-state index in [9.17, 15) is 13.6 Å². The summed E-state index contributed by atoms with van der Waals surface area (Å²) in [4.78, 5) is 13.4. The number of carbonyl (C=O) groups excluding carboxylic acids is 1. The molecule has 0 bridgehead atoms. The Hall–Kier alpha value is -0.760. The van der Waals surface area contributed by atoms with Crippen LogP contribution in [0.2, 0.25) is 0 Å². The summed E-state index contributed by atoms with van der Waals surface area (Å²) in [5.74, 6) is -2.92. The van der Waals surface area contributed by atoms with Crippen LogP contribution in [0.4, 0.5) is 14.5 Å². The van der Waals surface area contributed by atoms with Crippen molar-refractivity contribution in [3.8, 4) is 0 Å². The standard InChI is InChI=1S/C13H15F2IN2O/c14-13(15)6-3-7-18(9-13)8-12(19)17-11-5-2-1-4-10(11)16/h1-2,4-5H,3,6-9H2,(H,17,19). The molecule has 0 saturated carbocycles. The molecule has 0 aliphatic carbocycles. The van der Waals surface area contributed by atoms with E-state index >= 15 is 0 Å². The highest BCUT2D eigenvalue weighted by atomic mass is 127. The molecule has 1 amide bonds. The quantitative estimate of drug-likeness (QED) is 0.818. The molecule has 0 atom stereocenters. The Morgan fingerprint density at radius 3 is 2.84 bits per heavy atom. The van der Waals surface area contributed by atoms with Gasteiger partial charge in [-0.2, -0.15) is 0 Å². The van der Waals surface area contributed by atoms with Gasteiger partial charge in [0.2, 0.25) is 5.91 Å². The normalized spacial score (nSPS) is 19.1. The smallest absolute Gasteiger partial charge is 0.260 e. The molecule has 1 aromatic rings. The summed E-state index contributed by atoms with van der Waals surface area (Å²) in [5, 5.41) is 2.75. The maximum atomic E-state index is 13.2. The second-order valence-corrected chi connectivity index (χ2v) is 5.86. The van der Waals surface area contributed by atoms with Crippen molar-refractivity contribution in [2.45, 2.75) is 18.8 Å². The molecule has 0 spiro atoms. The maximum Gasteiger partial charge on any atom is 0.260 e. The maximum absolute atomic E-state index is 13.2. The highest BCUT2D eigenvalue weighted by Gasteiger charge is 2.35. The Bertz CT molecular complexity index is 468. The number of amides is 1. The van der Waals surface area contributed by atoms with Crippen molar-refractivity contribution < 1.29 is 13.6 Å². The number of piperidine rings is 1. The van der Waals surface area contributed by atoms with Crippen molar-refractivity contribution >= 4 is 34.2 Å². The van der Waals surface area contributed by atoms with Gasteiger partial charge in [0, 0.05) is 9.99 Å². The fourth-order valence-electron chi connectivity index (χ4n) is 2.14. The molecular weight excluding hydrogens is 365 g/mol. The lowest BCUT2D eigenvalue weighted by Crippen LogP contribution is -2.45. The number of likely N-dealkylation sites (tertiary alicyclic amines) is 1. The van der Waals surface area contributed by atoms with Gasteiger partial charge in [-0.15, -0.1) is 0 Å². The number of alkyl halides is 2. The Kier molecular flexibility index (Phi) is 4.72. The topological polar surface area (TPSA) is 32.3 Å². The first kappa shape index (κ1) is 14.6. The summed E-state index contributed by atoms with van der Waals surface area (Å²) < 4.78 is 27.4. The van der Waals surface area contributed by atoms with E-state index in [-0.39, 0.29) is 25.4 Å². The Morgan fingerprint density at radius 2 is 2.16 bits per heavy atom. The first-order chi connectivity index (χ1) is 8.96. The second kappa shape index (κ2) is 6.13. The van der Waals surface area contributed by atoms with E-state index in [0.29, 0.717) is 13.0 Å². The van der Waals surface area contributed by atoms with Crippen molar-refractivity contribution in [2.24, 2.45) is 0 Å². The second-order valence-electron chi connectivity index (χ2n) is 4.70. The number of anilines is 1. The van der Waals surface area contributed by atoms with Crippen LogP contribution in [0, 0.1) is 3.57 Å². The summed E-state index contributed by atoms with van der Waals surface area (Å²) in [6, 6.07) is 7.38. The average molecular weight is 380 g/mol. The van der Waals surface area contributed by atoms with E-state index in [4.69, 9.17) is 0 Å². The lowest BCUT2D eigenvalue weighted by molar-refractivity contribution is -0.120. The summed E-state index contributed by atoms with van der Waals surface area (Å²) in [7, 11) is 0. The molecule has 1 saturated heterocycles. The third-order valence-electron chi connectivity index (χ3n) is 2.99. The van der Waals surface area contributed by atoms with E-state index < -0.39 is 5.92 Å². The number of hydrogen-bond donors (Lipinski definition) is 1. The zero-order valence-electron chi connectivity index (χ0n) is 10.3. The molecule has 2 rings (SSSR count). The Labute approximate surface area is 124 Å². The average Bonchev–Trinajstić information content (AvgIpc) is 2.30. The molecule has 0 aromatic heterocycles. The van der Waals surface area contributed by atoms with Crippen LogP contribution in [0.5, 0.6) is 0 Å². The van der Waals surface area contributed by atoms with Gasteiger partial charge in [0.1, 0.15) is 0 Å². The van der Waals surface area contributed by atoms with E-state index in [1.165, 1.54) is 4.90 Å². The number of rotatable bonds is 3. The number of halogens is 3. The number of para-hydroxylation sites is 1. The minimum atomic E-state index is -2.67. The van der Waals surface area contributed by atoms with E-state index in [1.807, 2.05) is 18.2 Å². The van der Waals surface area contributed by atoms with Crippen molar-refractivity contribution in [1.82, 2.24) is 4.90 Å². The molecule has 3 nitrogen and oxygen atoms in total. The molecular formula is C13H15F2IN2O. The van der Waals surface area contributed by atoms with Gasteiger partial charge in [-0.25, -0.2) is 8.78 Å². The first-order valence-electron chi connectivity index (χ1n) is 6.11.